The smallest absolute Gasteiger partial charge is 0.324 e. The first-order valence-electron chi connectivity index (χ1n) is 7.64. The lowest BCUT2D eigenvalue weighted by Gasteiger charge is -2.31. The van der Waals surface area contributed by atoms with Crippen molar-refractivity contribution < 1.29 is 18.0 Å². The Balaban J connectivity index is 1.69. The van der Waals surface area contributed by atoms with Gasteiger partial charge in [-0.15, -0.1) is 0 Å². The Labute approximate surface area is 136 Å². The summed E-state index contributed by atoms with van der Waals surface area (Å²) in [7, 11) is 0. The summed E-state index contributed by atoms with van der Waals surface area (Å²) in [6.45, 7) is 0. The topological polar surface area (TPSA) is 72.7 Å². The maximum Gasteiger partial charge on any atom is 0.392 e. The number of carbonyl (C=O) groups is 1. The number of aromatic nitrogens is 4. The average molecular weight is 339 g/mol. The quantitative estimate of drug-likeness (QED) is 0.933. The summed E-state index contributed by atoms with van der Waals surface area (Å²) >= 11 is 0. The van der Waals surface area contributed by atoms with Gasteiger partial charge in [-0.05, 0) is 25.0 Å². The summed E-state index contributed by atoms with van der Waals surface area (Å²) < 4.78 is 40.7. The van der Waals surface area contributed by atoms with Crippen LogP contribution in [0.4, 0.5) is 18.9 Å². The summed E-state index contributed by atoms with van der Waals surface area (Å²) in [5.74, 6) is -2.73. The molecule has 1 saturated carbocycles. The third-order valence-corrected chi connectivity index (χ3v) is 4.19. The van der Waals surface area contributed by atoms with Gasteiger partial charge >= 0.3 is 6.18 Å². The monoisotopic (exact) mass is 339 g/mol. The number of alkyl halides is 3. The molecular formula is C15H16F3N5O. The van der Waals surface area contributed by atoms with Crippen LogP contribution in [-0.2, 0) is 4.79 Å². The highest BCUT2D eigenvalue weighted by molar-refractivity contribution is 5.92. The van der Waals surface area contributed by atoms with Crippen LogP contribution in [0, 0.1) is 11.8 Å². The number of halogens is 3. The standard InChI is InChI=1S/C15H16F3N5O/c16-15(17,18)12-4-2-1-3-11(12)14(24)22-10-5-6-13(20-7-10)23-9-19-8-21-23/h5-9,11-12H,1-4H2,(H,22,24)/t11-,12+/m0/s1. The number of pyridine rings is 1. The zero-order valence-electron chi connectivity index (χ0n) is 12.7. The normalized spacial score (nSPS) is 21.5. The number of anilines is 1. The van der Waals surface area contributed by atoms with Gasteiger partial charge in [-0.2, -0.15) is 18.3 Å². The van der Waals surface area contributed by atoms with Gasteiger partial charge in [-0.1, -0.05) is 12.8 Å². The molecular weight excluding hydrogens is 323 g/mol. The van der Waals surface area contributed by atoms with Crippen LogP contribution in [-0.4, -0.2) is 31.8 Å². The predicted molar refractivity (Wildman–Crippen MR) is 79.3 cm³/mol. The van der Waals surface area contributed by atoms with E-state index in [1.807, 2.05) is 0 Å². The molecule has 3 rings (SSSR count). The molecule has 2 atom stereocenters. The SMILES string of the molecule is O=C(Nc1ccc(-n2cncn2)nc1)[C@H]1CCCC[C@H]1C(F)(F)F. The first kappa shape index (κ1) is 16.4. The van der Waals surface area contributed by atoms with Crippen molar-refractivity contribution in [2.45, 2.75) is 31.9 Å². The fraction of sp³-hybridized carbons (Fsp3) is 0.467. The van der Waals surface area contributed by atoms with Crippen molar-refractivity contribution >= 4 is 11.6 Å². The molecule has 0 aliphatic heterocycles. The second-order valence-electron chi connectivity index (χ2n) is 5.77. The number of hydrogen-bond acceptors (Lipinski definition) is 4. The molecule has 2 heterocycles. The van der Waals surface area contributed by atoms with E-state index < -0.39 is 23.9 Å². The second kappa shape index (κ2) is 6.58. The van der Waals surface area contributed by atoms with Crippen LogP contribution >= 0.6 is 0 Å². The van der Waals surface area contributed by atoms with E-state index >= 15 is 0 Å². The van der Waals surface area contributed by atoms with Crippen molar-refractivity contribution in [2.24, 2.45) is 11.8 Å². The first-order chi connectivity index (χ1) is 11.4. The maximum absolute atomic E-state index is 13.1. The van der Waals surface area contributed by atoms with E-state index in [9.17, 15) is 18.0 Å². The molecule has 2 aromatic rings. The summed E-state index contributed by atoms with van der Waals surface area (Å²) in [5.41, 5.74) is 0.357. The van der Waals surface area contributed by atoms with Crippen molar-refractivity contribution in [3.8, 4) is 5.82 Å². The van der Waals surface area contributed by atoms with E-state index in [4.69, 9.17) is 0 Å². The predicted octanol–water partition coefficient (Wildman–Crippen LogP) is 2.97. The molecule has 0 radical (unpaired) electrons. The lowest BCUT2D eigenvalue weighted by Crippen LogP contribution is -2.39. The van der Waals surface area contributed by atoms with Crippen LogP contribution in [0.5, 0.6) is 0 Å². The van der Waals surface area contributed by atoms with Gasteiger partial charge < -0.3 is 5.32 Å². The van der Waals surface area contributed by atoms with E-state index in [2.05, 4.69) is 20.4 Å². The fourth-order valence-electron chi connectivity index (χ4n) is 2.99. The Kier molecular flexibility index (Phi) is 4.50. The lowest BCUT2D eigenvalue weighted by molar-refractivity contribution is -0.197. The third kappa shape index (κ3) is 3.55. The maximum atomic E-state index is 13.1. The Morgan fingerprint density at radius 1 is 1.25 bits per heavy atom. The molecule has 2 aromatic heterocycles. The second-order valence-corrected chi connectivity index (χ2v) is 5.77. The number of hydrogen-bond donors (Lipinski definition) is 1. The van der Waals surface area contributed by atoms with Crippen molar-refractivity contribution in [3.63, 3.8) is 0 Å². The molecule has 1 N–H and O–H groups in total. The van der Waals surface area contributed by atoms with Gasteiger partial charge in [-0.3, -0.25) is 4.79 Å². The van der Waals surface area contributed by atoms with E-state index in [0.717, 1.165) is 0 Å². The molecule has 0 bridgehead atoms. The number of carbonyl (C=O) groups excluding carboxylic acids is 1. The molecule has 1 amide bonds. The van der Waals surface area contributed by atoms with Crippen molar-refractivity contribution in [1.29, 1.82) is 0 Å². The van der Waals surface area contributed by atoms with Gasteiger partial charge in [0.05, 0.1) is 17.8 Å². The molecule has 24 heavy (non-hydrogen) atoms. The molecule has 0 unspecified atom stereocenters. The number of amides is 1. The van der Waals surface area contributed by atoms with Crippen LogP contribution in [0.25, 0.3) is 5.82 Å². The Bertz CT molecular complexity index is 684. The highest BCUT2D eigenvalue weighted by atomic mass is 19.4. The number of nitrogens with zero attached hydrogens (tertiary/aromatic N) is 4. The van der Waals surface area contributed by atoms with Gasteiger partial charge in [0.1, 0.15) is 12.7 Å². The molecule has 1 aliphatic carbocycles. The van der Waals surface area contributed by atoms with E-state index in [1.54, 1.807) is 12.1 Å². The van der Waals surface area contributed by atoms with E-state index in [0.29, 0.717) is 24.3 Å². The van der Waals surface area contributed by atoms with Crippen LogP contribution in [0.15, 0.2) is 31.0 Å². The summed E-state index contributed by atoms with van der Waals surface area (Å²) in [6.07, 6.45) is 1.26. The van der Waals surface area contributed by atoms with E-state index in [-0.39, 0.29) is 12.8 Å². The highest BCUT2D eigenvalue weighted by Crippen LogP contribution is 2.41. The summed E-state index contributed by atoms with van der Waals surface area (Å²) in [4.78, 5) is 20.2. The molecule has 1 fully saturated rings. The zero-order valence-corrected chi connectivity index (χ0v) is 12.7. The van der Waals surface area contributed by atoms with Crippen molar-refractivity contribution in [3.05, 3.63) is 31.0 Å². The molecule has 0 spiro atoms. The molecule has 1 aliphatic rings. The fourth-order valence-corrected chi connectivity index (χ4v) is 2.99. The molecule has 0 saturated heterocycles. The number of nitrogens with one attached hydrogen (secondary N) is 1. The average Bonchev–Trinajstić information content (AvgIpc) is 3.09. The van der Waals surface area contributed by atoms with Gasteiger partial charge in [-0.25, -0.2) is 14.6 Å². The van der Waals surface area contributed by atoms with E-state index in [1.165, 1.54) is 23.5 Å². The minimum Gasteiger partial charge on any atom is -0.324 e. The minimum atomic E-state index is -4.35. The first-order valence-corrected chi connectivity index (χ1v) is 7.64. The Hall–Kier alpha value is -2.45. The lowest BCUT2D eigenvalue weighted by atomic mass is 9.78. The molecule has 6 nitrogen and oxygen atoms in total. The minimum absolute atomic E-state index is 0.00503. The Morgan fingerprint density at radius 3 is 2.67 bits per heavy atom. The zero-order chi connectivity index (χ0) is 17.2. The molecule has 9 heteroatoms. The Morgan fingerprint density at radius 2 is 2.04 bits per heavy atom. The number of rotatable bonds is 3. The van der Waals surface area contributed by atoms with Gasteiger partial charge in [0.25, 0.3) is 0 Å². The van der Waals surface area contributed by atoms with Crippen molar-refractivity contribution in [2.75, 3.05) is 5.32 Å². The van der Waals surface area contributed by atoms with Crippen LogP contribution in [0.2, 0.25) is 0 Å². The van der Waals surface area contributed by atoms with Crippen LogP contribution in [0.1, 0.15) is 25.7 Å². The molecule has 128 valence electrons. The largest absolute Gasteiger partial charge is 0.392 e. The summed E-state index contributed by atoms with van der Waals surface area (Å²) in [6, 6.07) is 3.18. The van der Waals surface area contributed by atoms with Crippen LogP contribution in [0.3, 0.4) is 0 Å². The summed E-state index contributed by atoms with van der Waals surface area (Å²) in [5, 5.41) is 6.46. The highest BCUT2D eigenvalue weighted by Gasteiger charge is 2.48. The third-order valence-electron chi connectivity index (χ3n) is 4.19. The van der Waals surface area contributed by atoms with Gasteiger partial charge in [0.15, 0.2) is 5.82 Å². The van der Waals surface area contributed by atoms with Crippen LogP contribution < -0.4 is 5.32 Å². The molecule has 0 aromatic carbocycles. The van der Waals surface area contributed by atoms with Crippen molar-refractivity contribution in [1.82, 2.24) is 19.7 Å². The van der Waals surface area contributed by atoms with Gasteiger partial charge in [0, 0.05) is 5.92 Å². The van der Waals surface area contributed by atoms with Gasteiger partial charge in [0.2, 0.25) is 5.91 Å².